The Morgan fingerprint density at radius 1 is 1.56 bits per heavy atom. The molecule has 1 saturated heterocycles. The normalized spacial score (nSPS) is 23.7. The SMILES string of the molecule is CCn1c(N)nnc1SC1CCS(=O)(=O)C1. The van der Waals surface area contributed by atoms with Gasteiger partial charge in [0.15, 0.2) is 15.0 Å². The second-order valence-corrected chi connectivity index (χ2v) is 7.22. The second kappa shape index (κ2) is 4.25. The van der Waals surface area contributed by atoms with Gasteiger partial charge in [-0.2, -0.15) is 0 Å². The largest absolute Gasteiger partial charge is 0.368 e. The lowest BCUT2D eigenvalue weighted by molar-refractivity contribution is 0.602. The first kappa shape index (κ1) is 11.7. The van der Waals surface area contributed by atoms with Gasteiger partial charge in [-0.15, -0.1) is 10.2 Å². The van der Waals surface area contributed by atoms with Gasteiger partial charge in [0.2, 0.25) is 5.95 Å². The first-order chi connectivity index (χ1) is 7.52. The van der Waals surface area contributed by atoms with E-state index in [1.807, 2.05) is 6.92 Å². The predicted octanol–water partition coefficient (Wildman–Crippen LogP) is 0.159. The average Bonchev–Trinajstić information content (AvgIpc) is 2.71. The number of nitrogens with two attached hydrogens (primary N) is 1. The number of nitrogens with zero attached hydrogens (tertiary/aromatic N) is 3. The molecule has 6 nitrogen and oxygen atoms in total. The fourth-order valence-corrected chi connectivity index (χ4v) is 5.25. The lowest BCUT2D eigenvalue weighted by atomic mass is 10.4. The predicted molar refractivity (Wildman–Crippen MR) is 63.0 cm³/mol. The van der Waals surface area contributed by atoms with Gasteiger partial charge in [0.05, 0.1) is 11.5 Å². The van der Waals surface area contributed by atoms with E-state index in [1.165, 1.54) is 11.8 Å². The van der Waals surface area contributed by atoms with Crippen LogP contribution in [0, 0.1) is 0 Å². The molecule has 1 unspecified atom stereocenters. The molecule has 90 valence electrons. The van der Waals surface area contributed by atoms with E-state index in [0.29, 0.717) is 24.1 Å². The second-order valence-electron chi connectivity index (χ2n) is 3.73. The molecule has 1 aliphatic heterocycles. The van der Waals surface area contributed by atoms with Gasteiger partial charge in [0.1, 0.15) is 0 Å². The third-order valence-electron chi connectivity index (χ3n) is 2.52. The number of thioether (sulfide) groups is 1. The number of rotatable bonds is 3. The van der Waals surface area contributed by atoms with Crippen molar-refractivity contribution in [1.29, 1.82) is 0 Å². The highest BCUT2D eigenvalue weighted by atomic mass is 32.2. The average molecular weight is 262 g/mol. The molecule has 1 fully saturated rings. The van der Waals surface area contributed by atoms with Gasteiger partial charge in [-0.25, -0.2) is 8.42 Å². The van der Waals surface area contributed by atoms with Crippen molar-refractivity contribution in [3.63, 3.8) is 0 Å². The Morgan fingerprint density at radius 3 is 2.88 bits per heavy atom. The zero-order valence-electron chi connectivity index (χ0n) is 8.96. The Kier molecular flexibility index (Phi) is 3.11. The molecule has 1 aliphatic rings. The molecule has 0 amide bonds. The van der Waals surface area contributed by atoms with Crippen molar-refractivity contribution in [2.45, 2.75) is 30.3 Å². The summed E-state index contributed by atoms with van der Waals surface area (Å²) in [6, 6.07) is 0. The highest BCUT2D eigenvalue weighted by molar-refractivity contribution is 8.01. The number of hydrogen-bond acceptors (Lipinski definition) is 6. The van der Waals surface area contributed by atoms with Crippen LogP contribution in [0.15, 0.2) is 5.16 Å². The fourth-order valence-electron chi connectivity index (χ4n) is 1.69. The quantitative estimate of drug-likeness (QED) is 0.834. The maximum atomic E-state index is 11.3. The summed E-state index contributed by atoms with van der Waals surface area (Å²) in [5, 5.41) is 8.53. The Labute approximate surface area is 98.5 Å². The number of sulfone groups is 1. The van der Waals surface area contributed by atoms with E-state index in [4.69, 9.17) is 5.73 Å². The molecule has 2 rings (SSSR count). The molecular weight excluding hydrogens is 248 g/mol. The van der Waals surface area contributed by atoms with Crippen molar-refractivity contribution < 1.29 is 8.42 Å². The Hall–Kier alpha value is -0.760. The van der Waals surface area contributed by atoms with Crippen LogP contribution in [0.5, 0.6) is 0 Å². The summed E-state index contributed by atoms with van der Waals surface area (Å²) in [4.78, 5) is 0. The molecule has 0 spiro atoms. The van der Waals surface area contributed by atoms with Crippen molar-refractivity contribution in [3.05, 3.63) is 0 Å². The molecule has 0 aromatic carbocycles. The maximum Gasteiger partial charge on any atom is 0.222 e. The Morgan fingerprint density at radius 2 is 2.31 bits per heavy atom. The Bertz CT molecular complexity index is 482. The minimum atomic E-state index is -2.84. The van der Waals surface area contributed by atoms with Gasteiger partial charge in [-0.05, 0) is 13.3 Å². The van der Waals surface area contributed by atoms with Crippen LogP contribution in [0.25, 0.3) is 0 Å². The maximum absolute atomic E-state index is 11.3. The van der Waals surface area contributed by atoms with E-state index >= 15 is 0 Å². The summed E-state index contributed by atoms with van der Waals surface area (Å²) in [6.07, 6.45) is 0.684. The lowest BCUT2D eigenvalue weighted by Crippen LogP contribution is -2.08. The Balaban J connectivity index is 2.10. The number of aromatic nitrogens is 3. The molecule has 16 heavy (non-hydrogen) atoms. The van der Waals surface area contributed by atoms with Crippen LogP contribution < -0.4 is 5.73 Å². The van der Waals surface area contributed by atoms with E-state index in [0.717, 1.165) is 0 Å². The standard InChI is InChI=1S/C8H14N4O2S2/c1-2-12-7(9)10-11-8(12)15-6-3-4-16(13,14)5-6/h6H,2-5H2,1H3,(H2,9,10). The highest BCUT2D eigenvalue weighted by Crippen LogP contribution is 2.30. The van der Waals surface area contributed by atoms with Crippen molar-refractivity contribution in [1.82, 2.24) is 14.8 Å². The van der Waals surface area contributed by atoms with Gasteiger partial charge in [-0.3, -0.25) is 4.57 Å². The summed E-state index contributed by atoms with van der Waals surface area (Å²) < 4.78 is 24.4. The summed E-state index contributed by atoms with van der Waals surface area (Å²) in [7, 11) is -2.84. The van der Waals surface area contributed by atoms with Crippen molar-refractivity contribution >= 4 is 27.5 Å². The zero-order valence-corrected chi connectivity index (χ0v) is 10.6. The van der Waals surface area contributed by atoms with Crippen molar-refractivity contribution in [2.75, 3.05) is 17.2 Å². The summed E-state index contributed by atoms with van der Waals surface area (Å²) in [6.45, 7) is 2.65. The third kappa shape index (κ3) is 2.32. The number of nitrogen functional groups attached to an aromatic ring is 1. The van der Waals surface area contributed by atoms with Crippen LogP contribution in [0.1, 0.15) is 13.3 Å². The number of anilines is 1. The first-order valence-electron chi connectivity index (χ1n) is 5.07. The molecule has 2 heterocycles. The topological polar surface area (TPSA) is 90.9 Å². The van der Waals surface area contributed by atoms with Crippen LogP contribution in [0.2, 0.25) is 0 Å². The minimum absolute atomic E-state index is 0.0823. The van der Waals surface area contributed by atoms with Gasteiger partial charge >= 0.3 is 0 Å². The summed E-state index contributed by atoms with van der Waals surface area (Å²) >= 11 is 1.46. The van der Waals surface area contributed by atoms with Crippen LogP contribution in [-0.4, -0.2) is 39.9 Å². The lowest BCUT2D eigenvalue weighted by Gasteiger charge is -2.07. The number of hydrogen-bond donors (Lipinski definition) is 1. The van der Waals surface area contributed by atoms with Gasteiger partial charge in [-0.1, -0.05) is 11.8 Å². The zero-order chi connectivity index (χ0) is 11.8. The molecule has 0 radical (unpaired) electrons. The summed E-state index contributed by atoms with van der Waals surface area (Å²) in [5.74, 6) is 0.889. The van der Waals surface area contributed by atoms with Crippen LogP contribution in [-0.2, 0) is 16.4 Å². The monoisotopic (exact) mass is 262 g/mol. The van der Waals surface area contributed by atoms with Crippen LogP contribution in [0.3, 0.4) is 0 Å². The third-order valence-corrected chi connectivity index (χ3v) is 5.75. The van der Waals surface area contributed by atoms with Gasteiger partial charge in [0.25, 0.3) is 0 Å². The molecule has 0 aliphatic carbocycles. The smallest absolute Gasteiger partial charge is 0.222 e. The molecule has 2 N–H and O–H groups in total. The van der Waals surface area contributed by atoms with E-state index in [9.17, 15) is 8.42 Å². The van der Waals surface area contributed by atoms with Crippen LogP contribution >= 0.6 is 11.8 Å². The molecule has 1 atom stereocenters. The highest BCUT2D eigenvalue weighted by Gasteiger charge is 2.30. The van der Waals surface area contributed by atoms with E-state index in [2.05, 4.69) is 10.2 Å². The van der Waals surface area contributed by atoms with Crippen molar-refractivity contribution in [2.24, 2.45) is 0 Å². The van der Waals surface area contributed by atoms with E-state index in [1.54, 1.807) is 4.57 Å². The molecule has 1 aromatic heterocycles. The molecule has 1 aromatic rings. The van der Waals surface area contributed by atoms with E-state index < -0.39 is 9.84 Å². The summed E-state index contributed by atoms with van der Waals surface area (Å²) in [5.41, 5.74) is 5.64. The van der Waals surface area contributed by atoms with Gasteiger partial charge in [0, 0.05) is 11.8 Å². The van der Waals surface area contributed by atoms with Crippen molar-refractivity contribution in [3.8, 4) is 0 Å². The molecule has 0 bridgehead atoms. The van der Waals surface area contributed by atoms with Crippen LogP contribution in [0.4, 0.5) is 5.95 Å². The molecule has 8 heteroatoms. The molecule has 0 saturated carbocycles. The van der Waals surface area contributed by atoms with Gasteiger partial charge < -0.3 is 5.73 Å². The minimum Gasteiger partial charge on any atom is -0.368 e. The first-order valence-corrected chi connectivity index (χ1v) is 7.77. The molecular formula is C8H14N4O2S2. The van der Waals surface area contributed by atoms with E-state index in [-0.39, 0.29) is 16.8 Å². The fraction of sp³-hybridized carbons (Fsp3) is 0.750.